The van der Waals surface area contributed by atoms with Gasteiger partial charge in [0, 0.05) is 30.8 Å². The van der Waals surface area contributed by atoms with Gasteiger partial charge >= 0.3 is 5.97 Å². The molecule has 27 heavy (non-hydrogen) atoms. The molecule has 0 radical (unpaired) electrons. The minimum Gasteiger partial charge on any atom is -0.460 e. The Balaban J connectivity index is 2.21. The van der Waals surface area contributed by atoms with Crippen molar-refractivity contribution < 1.29 is 14.4 Å². The number of ether oxygens (including phenoxy) is 1. The molecule has 1 heterocycles. The first-order chi connectivity index (χ1) is 12.8. The lowest BCUT2D eigenvalue weighted by molar-refractivity contribution is -0.154. The maximum atomic E-state index is 12.0. The second-order valence-electron chi connectivity index (χ2n) is 7.45. The minimum absolute atomic E-state index is 0.0185. The number of hydrogen-bond donors (Lipinski definition) is 1. The number of imidazole rings is 1. The van der Waals surface area contributed by atoms with E-state index < -0.39 is 5.60 Å². The third-order valence-corrected chi connectivity index (χ3v) is 4.12. The lowest BCUT2D eigenvalue weighted by Crippen LogP contribution is -2.23. The number of nitrogens with zero attached hydrogens (tertiary/aromatic N) is 2. The summed E-state index contributed by atoms with van der Waals surface area (Å²) in [5, 5.41) is 0. The number of hydrogen-bond acceptors (Lipinski definition) is 5. The van der Waals surface area contributed by atoms with Crippen LogP contribution < -0.4 is 5.90 Å². The van der Waals surface area contributed by atoms with E-state index in [1.807, 2.05) is 61.9 Å². The van der Waals surface area contributed by atoms with Gasteiger partial charge in [-0.3, -0.25) is 4.79 Å². The topological polar surface area (TPSA) is 79.4 Å². The Bertz CT molecular complexity index is 747. The predicted molar refractivity (Wildman–Crippen MR) is 105 cm³/mol. The molecule has 1 aromatic heterocycles. The number of carbonyl (C=O) groups excluding carboxylic acids is 1. The van der Waals surface area contributed by atoms with Gasteiger partial charge in [-0.25, -0.2) is 4.98 Å². The third kappa shape index (κ3) is 6.25. The largest absolute Gasteiger partial charge is 0.460 e. The molecule has 0 fully saturated rings. The average Bonchev–Trinajstić information content (AvgIpc) is 3.14. The van der Waals surface area contributed by atoms with Crippen LogP contribution >= 0.6 is 0 Å². The van der Waals surface area contributed by atoms with Crippen molar-refractivity contribution in [2.24, 2.45) is 5.90 Å². The van der Waals surface area contributed by atoms with Crippen molar-refractivity contribution in [2.75, 3.05) is 0 Å². The average molecular weight is 371 g/mol. The fourth-order valence-corrected chi connectivity index (χ4v) is 2.94. The van der Waals surface area contributed by atoms with Crippen LogP contribution in [0.15, 0.2) is 54.8 Å². The number of aromatic nitrogens is 2. The van der Waals surface area contributed by atoms with Gasteiger partial charge in [-0.15, -0.1) is 0 Å². The summed E-state index contributed by atoms with van der Waals surface area (Å²) < 4.78 is 7.36. The normalized spacial score (nSPS) is 13.7. The monoisotopic (exact) mass is 371 g/mol. The summed E-state index contributed by atoms with van der Waals surface area (Å²) in [5.74, 6) is 6.06. The molecule has 0 saturated heterocycles. The van der Waals surface area contributed by atoms with Crippen LogP contribution in [0.1, 0.15) is 58.6 Å². The van der Waals surface area contributed by atoms with Crippen molar-refractivity contribution in [1.29, 1.82) is 0 Å². The molecule has 1 atom stereocenters. The van der Waals surface area contributed by atoms with E-state index in [1.54, 1.807) is 12.5 Å². The summed E-state index contributed by atoms with van der Waals surface area (Å²) in [6.07, 6.45) is 6.86. The summed E-state index contributed by atoms with van der Waals surface area (Å²) in [6, 6.07) is 9.95. The van der Waals surface area contributed by atoms with Gasteiger partial charge in [0.15, 0.2) is 0 Å². The molecule has 0 saturated carbocycles. The zero-order valence-corrected chi connectivity index (χ0v) is 16.5. The Morgan fingerprint density at radius 1 is 1.22 bits per heavy atom. The molecule has 0 aliphatic heterocycles. The number of esters is 1. The third-order valence-electron chi connectivity index (χ3n) is 4.12. The van der Waals surface area contributed by atoms with Crippen molar-refractivity contribution >= 4 is 11.5 Å². The molecule has 2 rings (SSSR count). The Labute approximate surface area is 160 Å². The highest BCUT2D eigenvalue weighted by Crippen LogP contribution is 2.32. The highest BCUT2D eigenvalue weighted by molar-refractivity contribution is 5.71. The molecule has 0 aliphatic rings. The van der Waals surface area contributed by atoms with Gasteiger partial charge in [0.1, 0.15) is 11.4 Å². The zero-order valence-electron chi connectivity index (χ0n) is 16.5. The molecule has 0 spiro atoms. The van der Waals surface area contributed by atoms with Crippen LogP contribution in [0.2, 0.25) is 0 Å². The first-order valence-corrected chi connectivity index (χ1v) is 9.16. The van der Waals surface area contributed by atoms with Crippen LogP contribution in [0.5, 0.6) is 0 Å². The number of carbonyl (C=O) groups is 1. The van der Waals surface area contributed by atoms with Gasteiger partial charge in [-0.2, -0.15) is 5.90 Å². The quantitative estimate of drug-likeness (QED) is 0.426. The van der Waals surface area contributed by atoms with Crippen molar-refractivity contribution in [2.45, 2.75) is 58.6 Å². The molecule has 0 bridgehead atoms. The number of benzene rings is 1. The van der Waals surface area contributed by atoms with Crippen molar-refractivity contribution in [3.63, 3.8) is 0 Å². The molecule has 1 aromatic carbocycles. The Kier molecular flexibility index (Phi) is 7.19. The molecule has 1 unspecified atom stereocenters. The van der Waals surface area contributed by atoms with Gasteiger partial charge in [-0.1, -0.05) is 30.3 Å². The fourth-order valence-electron chi connectivity index (χ4n) is 2.94. The lowest BCUT2D eigenvalue weighted by atomic mass is 9.96. The van der Waals surface area contributed by atoms with E-state index in [0.29, 0.717) is 25.0 Å². The van der Waals surface area contributed by atoms with Crippen molar-refractivity contribution in [1.82, 2.24) is 9.55 Å². The Morgan fingerprint density at radius 3 is 2.48 bits per heavy atom. The van der Waals surface area contributed by atoms with Gasteiger partial charge in [0.25, 0.3) is 0 Å². The van der Waals surface area contributed by atoms with Crippen LogP contribution in [0, 0.1) is 0 Å². The van der Waals surface area contributed by atoms with Crippen LogP contribution in [0.25, 0.3) is 5.57 Å². The van der Waals surface area contributed by atoms with Crippen molar-refractivity contribution in [3.8, 4) is 0 Å². The molecule has 6 nitrogen and oxygen atoms in total. The molecular weight excluding hydrogens is 342 g/mol. The van der Waals surface area contributed by atoms with Crippen LogP contribution in [-0.4, -0.2) is 21.1 Å². The van der Waals surface area contributed by atoms with Crippen LogP contribution in [-0.2, 0) is 14.4 Å². The smallest absolute Gasteiger partial charge is 0.306 e. The summed E-state index contributed by atoms with van der Waals surface area (Å²) in [4.78, 5) is 21.4. The van der Waals surface area contributed by atoms with Gasteiger partial charge < -0.3 is 14.1 Å². The van der Waals surface area contributed by atoms with Gasteiger partial charge in [0.2, 0.25) is 0 Å². The van der Waals surface area contributed by atoms with E-state index in [-0.39, 0.29) is 12.0 Å². The zero-order chi connectivity index (χ0) is 19.9. The first-order valence-electron chi connectivity index (χ1n) is 9.16. The summed E-state index contributed by atoms with van der Waals surface area (Å²) >= 11 is 0. The lowest BCUT2D eigenvalue weighted by Gasteiger charge is -2.22. The summed E-state index contributed by atoms with van der Waals surface area (Å²) in [5.41, 5.74) is 1.52. The highest BCUT2D eigenvalue weighted by atomic mass is 16.6. The predicted octanol–water partition coefficient (Wildman–Crippen LogP) is 4.26. The molecule has 2 N–H and O–H groups in total. The maximum Gasteiger partial charge on any atom is 0.306 e. The summed E-state index contributed by atoms with van der Waals surface area (Å²) in [6.45, 7) is 7.65. The Morgan fingerprint density at radius 2 is 1.93 bits per heavy atom. The number of rotatable bonds is 8. The van der Waals surface area contributed by atoms with Gasteiger partial charge in [0.05, 0.1) is 12.4 Å². The fraction of sp³-hybridized carbons (Fsp3) is 0.429. The Hall–Kier alpha value is -2.60. The van der Waals surface area contributed by atoms with E-state index in [1.165, 1.54) is 0 Å². The van der Waals surface area contributed by atoms with E-state index in [4.69, 9.17) is 15.5 Å². The van der Waals surface area contributed by atoms with Gasteiger partial charge in [-0.05, 0) is 39.7 Å². The van der Waals surface area contributed by atoms with Crippen LogP contribution in [0.3, 0.4) is 0 Å². The number of allylic oxidation sites excluding steroid dienone is 2. The van der Waals surface area contributed by atoms with Crippen LogP contribution in [0.4, 0.5) is 0 Å². The highest BCUT2D eigenvalue weighted by Gasteiger charge is 2.20. The first kappa shape index (κ1) is 20.7. The molecule has 146 valence electrons. The molecule has 0 amide bonds. The summed E-state index contributed by atoms with van der Waals surface area (Å²) in [7, 11) is 0. The second-order valence-corrected chi connectivity index (χ2v) is 7.45. The minimum atomic E-state index is -0.481. The number of nitrogens with two attached hydrogens (primary N) is 1. The standard InChI is InChI=1S/C21H29N3O3/c1-16(24-14-13-23-15-24)20(17-9-6-5-7-10-17)18(27-22)11-8-12-19(25)26-21(2,3)4/h5-7,9-10,13-16H,8,11-12,22H2,1-4H3. The SMILES string of the molecule is CC(C(=C(CCCC(=O)OC(C)(C)C)ON)c1ccccc1)n1ccnc1. The van der Waals surface area contributed by atoms with E-state index in [2.05, 4.69) is 11.9 Å². The molecular formula is C21H29N3O3. The van der Waals surface area contributed by atoms with E-state index in [9.17, 15) is 4.79 Å². The molecule has 6 heteroatoms. The van der Waals surface area contributed by atoms with E-state index in [0.717, 1.165) is 11.1 Å². The molecule has 0 aliphatic carbocycles. The maximum absolute atomic E-state index is 12.0. The van der Waals surface area contributed by atoms with E-state index >= 15 is 0 Å². The molecule has 2 aromatic rings. The van der Waals surface area contributed by atoms with Crippen molar-refractivity contribution in [3.05, 3.63) is 60.4 Å². The second kappa shape index (κ2) is 9.37.